The van der Waals surface area contributed by atoms with Crippen molar-refractivity contribution in [2.75, 3.05) is 6.54 Å². The van der Waals surface area contributed by atoms with Crippen LogP contribution in [0.15, 0.2) is 22.7 Å². The Kier molecular flexibility index (Phi) is 2.92. The summed E-state index contributed by atoms with van der Waals surface area (Å²) in [5.74, 6) is 1.17. The zero-order valence-electron chi connectivity index (χ0n) is 9.91. The number of fused-ring (bicyclic) bond motifs is 1. The molecule has 17 heavy (non-hydrogen) atoms. The molecule has 1 saturated heterocycles. The maximum Gasteiger partial charge on any atom is 0.111 e. The minimum Gasteiger partial charge on any atom is -0.330 e. The maximum absolute atomic E-state index is 4.73. The Hall–Kier alpha value is -0.870. The average Bonchev–Trinajstić information content (AvgIpc) is 2.90. The van der Waals surface area contributed by atoms with Crippen molar-refractivity contribution < 1.29 is 0 Å². The van der Waals surface area contributed by atoms with Crippen molar-refractivity contribution in [1.82, 2.24) is 14.9 Å². The Labute approximate surface area is 109 Å². The summed E-state index contributed by atoms with van der Waals surface area (Å²) < 4.78 is 3.33. The monoisotopic (exact) mass is 293 g/mol. The lowest BCUT2D eigenvalue weighted by Gasteiger charge is -2.09. The summed E-state index contributed by atoms with van der Waals surface area (Å²) in [5, 5.41) is 3.53. The third kappa shape index (κ3) is 2.00. The van der Waals surface area contributed by atoms with Crippen LogP contribution in [-0.2, 0) is 13.5 Å². The Morgan fingerprint density at radius 3 is 3.12 bits per heavy atom. The summed E-state index contributed by atoms with van der Waals surface area (Å²) in [5.41, 5.74) is 2.27. The number of nitrogens with one attached hydrogen (secondary N) is 1. The Bertz CT molecular complexity index is 541. The summed E-state index contributed by atoms with van der Waals surface area (Å²) in [4.78, 5) is 4.73. The van der Waals surface area contributed by atoms with Crippen LogP contribution in [0.25, 0.3) is 11.0 Å². The normalized spacial score (nSPS) is 20.2. The van der Waals surface area contributed by atoms with Gasteiger partial charge >= 0.3 is 0 Å². The molecule has 0 aliphatic carbocycles. The molecule has 1 atom stereocenters. The number of hydrogen-bond donors (Lipinski definition) is 1. The molecule has 90 valence electrons. The van der Waals surface area contributed by atoms with Gasteiger partial charge in [-0.3, -0.25) is 0 Å². The third-order valence-corrected chi connectivity index (χ3v) is 4.17. The molecular formula is C13H16BrN3. The fourth-order valence-electron chi connectivity index (χ4n) is 2.60. The van der Waals surface area contributed by atoms with E-state index in [9.17, 15) is 0 Å². The lowest BCUT2D eigenvalue weighted by Crippen LogP contribution is -2.25. The van der Waals surface area contributed by atoms with E-state index < -0.39 is 0 Å². The van der Waals surface area contributed by atoms with E-state index in [1.807, 2.05) is 6.07 Å². The van der Waals surface area contributed by atoms with Gasteiger partial charge in [0.05, 0.1) is 11.0 Å². The predicted octanol–water partition coefficient (Wildman–Crippen LogP) is 2.63. The molecule has 1 unspecified atom stereocenters. The molecule has 1 aliphatic heterocycles. The molecule has 1 aliphatic rings. The van der Waals surface area contributed by atoms with Crippen LogP contribution in [0.2, 0.25) is 0 Å². The molecule has 0 amide bonds. The van der Waals surface area contributed by atoms with E-state index in [1.54, 1.807) is 0 Å². The fraction of sp³-hybridized carbons (Fsp3) is 0.462. The number of halogens is 1. The molecule has 1 fully saturated rings. The topological polar surface area (TPSA) is 29.9 Å². The number of hydrogen-bond acceptors (Lipinski definition) is 2. The van der Waals surface area contributed by atoms with E-state index in [-0.39, 0.29) is 0 Å². The van der Waals surface area contributed by atoms with Gasteiger partial charge in [0, 0.05) is 24.0 Å². The van der Waals surface area contributed by atoms with E-state index >= 15 is 0 Å². The predicted molar refractivity (Wildman–Crippen MR) is 73.1 cm³/mol. The van der Waals surface area contributed by atoms with Gasteiger partial charge in [-0.15, -0.1) is 0 Å². The van der Waals surface area contributed by atoms with Gasteiger partial charge in [0.15, 0.2) is 0 Å². The van der Waals surface area contributed by atoms with Crippen molar-refractivity contribution in [3.63, 3.8) is 0 Å². The molecule has 1 N–H and O–H groups in total. The molecule has 3 nitrogen and oxygen atoms in total. The van der Waals surface area contributed by atoms with Crippen molar-refractivity contribution in [1.29, 1.82) is 0 Å². The molecule has 0 bridgehead atoms. The van der Waals surface area contributed by atoms with E-state index in [0.29, 0.717) is 6.04 Å². The zero-order chi connectivity index (χ0) is 11.8. The second kappa shape index (κ2) is 4.42. The van der Waals surface area contributed by atoms with E-state index in [2.05, 4.69) is 45.0 Å². The Morgan fingerprint density at radius 2 is 2.41 bits per heavy atom. The van der Waals surface area contributed by atoms with Crippen LogP contribution < -0.4 is 5.32 Å². The molecule has 0 radical (unpaired) electrons. The number of benzene rings is 1. The first-order valence-corrected chi connectivity index (χ1v) is 6.88. The summed E-state index contributed by atoms with van der Waals surface area (Å²) in [6, 6.07) is 6.79. The highest BCUT2D eigenvalue weighted by atomic mass is 79.9. The number of aromatic nitrogens is 2. The lowest BCUT2D eigenvalue weighted by molar-refractivity contribution is 0.575. The van der Waals surface area contributed by atoms with E-state index in [1.165, 1.54) is 24.2 Å². The molecule has 3 rings (SSSR count). The minimum atomic E-state index is 0.601. The second-order valence-corrected chi connectivity index (χ2v) is 5.55. The smallest absolute Gasteiger partial charge is 0.111 e. The molecule has 0 saturated carbocycles. The molecular weight excluding hydrogens is 278 g/mol. The van der Waals surface area contributed by atoms with Crippen molar-refractivity contribution in [3.05, 3.63) is 28.5 Å². The fourth-order valence-corrected chi connectivity index (χ4v) is 3.22. The Balaban J connectivity index is 1.99. The van der Waals surface area contributed by atoms with E-state index in [0.717, 1.165) is 23.0 Å². The van der Waals surface area contributed by atoms with Gasteiger partial charge in [0.1, 0.15) is 5.82 Å². The van der Waals surface area contributed by atoms with Gasteiger partial charge in [0.25, 0.3) is 0 Å². The SMILES string of the molecule is Cn1c(CC2CCCN2)nc2cccc(Br)c21. The van der Waals surface area contributed by atoms with Crippen LogP contribution in [0.3, 0.4) is 0 Å². The highest BCUT2D eigenvalue weighted by Crippen LogP contribution is 2.25. The van der Waals surface area contributed by atoms with Crippen molar-refractivity contribution in [3.8, 4) is 0 Å². The van der Waals surface area contributed by atoms with Crippen LogP contribution in [0.5, 0.6) is 0 Å². The summed E-state index contributed by atoms with van der Waals surface area (Å²) in [6.45, 7) is 1.15. The molecule has 2 heterocycles. The average molecular weight is 294 g/mol. The molecule has 2 aromatic rings. The van der Waals surface area contributed by atoms with Crippen LogP contribution in [0.1, 0.15) is 18.7 Å². The number of para-hydroxylation sites is 1. The van der Waals surface area contributed by atoms with Gasteiger partial charge in [0.2, 0.25) is 0 Å². The highest BCUT2D eigenvalue weighted by molar-refractivity contribution is 9.10. The second-order valence-electron chi connectivity index (χ2n) is 4.69. The highest BCUT2D eigenvalue weighted by Gasteiger charge is 2.18. The zero-order valence-corrected chi connectivity index (χ0v) is 11.5. The summed E-state index contributed by atoms with van der Waals surface area (Å²) in [7, 11) is 2.10. The molecule has 1 aromatic heterocycles. The first-order valence-electron chi connectivity index (χ1n) is 6.09. The standard InChI is InChI=1S/C13H16BrN3/c1-17-12(8-9-4-3-7-15-9)16-11-6-2-5-10(14)13(11)17/h2,5-6,9,15H,3-4,7-8H2,1H3. The van der Waals surface area contributed by atoms with Gasteiger partial charge in [-0.25, -0.2) is 4.98 Å². The number of rotatable bonds is 2. The van der Waals surface area contributed by atoms with E-state index in [4.69, 9.17) is 4.98 Å². The number of aryl methyl sites for hydroxylation is 1. The molecule has 1 aromatic carbocycles. The van der Waals surface area contributed by atoms with Gasteiger partial charge < -0.3 is 9.88 Å². The summed E-state index contributed by atoms with van der Waals surface area (Å²) >= 11 is 3.60. The quantitative estimate of drug-likeness (QED) is 0.923. The van der Waals surface area contributed by atoms with Crippen LogP contribution in [0.4, 0.5) is 0 Å². The first-order chi connectivity index (χ1) is 8.25. The van der Waals surface area contributed by atoms with Gasteiger partial charge in [-0.2, -0.15) is 0 Å². The largest absolute Gasteiger partial charge is 0.330 e. The third-order valence-electron chi connectivity index (χ3n) is 3.53. The van der Waals surface area contributed by atoms with Crippen molar-refractivity contribution >= 4 is 27.0 Å². The molecule has 4 heteroatoms. The minimum absolute atomic E-state index is 0.601. The number of nitrogens with zero attached hydrogens (tertiary/aromatic N) is 2. The van der Waals surface area contributed by atoms with Crippen LogP contribution in [-0.4, -0.2) is 22.1 Å². The van der Waals surface area contributed by atoms with Crippen molar-refractivity contribution in [2.45, 2.75) is 25.3 Å². The maximum atomic E-state index is 4.73. The Morgan fingerprint density at radius 1 is 1.53 bits per heavy atom. The first kappa shape index (κ1) is 11.2. The van der Waals surface area contributed by atoms with Gasteiger partial charge in [-0.05, 0) is 47.4 Å². The summed E-state index contributed by atoms with van der Waals surface area (Å²) in [6.07, 6.45) is 3.58. The number of imidazole rings is 1. The lowest BCUT2D eigenvalue weighted by atomic mass is 10.1. The van der Waals surface area contributed by atoms with Crippen LogP contribution in [0, 0.1) is 0 Å². The van der Waals surface area contributed by atoms with Crippen LogP contribution >= 0.6 is 15.9 Å². The van der Waals surface area contributed by atoms with Crippen molar-refractivity contribution in [2.24, 2.45) is 7.05 Å². The molecule has 0 spiro atoms. The van der Waals surface area contributed by atoms with Gasteiger partial charge in [-0.1, -0.05) is 6.07 Å².